The summed E-state index contributed by atoms with van der Waals surface area (Å²) in [6.45, 7) is 8.40. The van der Waals surface area contributed by atoms with Gasteiger partial charge in [0.2, 0.25) is 0 Å². The maximum absolute atomic E-state index is 5.61. The highest BCUT2D eigenvalue weighted by Crippen LogP contribution is 2.22. The summed E-state index contributed by atoms with van der Waals surface area (Å²) in [4.78, 5) is 4.66. The average molecular weight is 278 g/mol. The molecule has 3 nitrogen and oxygen atoms in total. The Labute approximate surface area is 124 Å². The molecule has 3 rings (SSSR count). The molecule has 0 aliphatic heterocycles. The van der Waals surface area contributed by atoms with Crippen LogP contribution in [0.15, 0.2) is 60.9 Å². The molecule has 0 N–H and O–H groups in total. The van der Waals surface area contributed by atoms with E-state index in [1.165, 1.54) is 5.56 Å². The molecule has 0 amide bonds. The Kier molecular flexibility index (Phi) is 3.48. The first-order valence-corrected chi connectivity index (χ1v) is 6.95. The molecule has 0 aliphatic rings. The van der Waals surface area contributed by atoms with E-state index in [0.29, 0.717) is 6.61 Å². The summed E-state index contributed by atoms with van der Waals surface area (Å²) < 4.78 is 7.64. The molecule has 21 heavy (non-hydrogen) atoms. The quantitative estimate of drug-likeness (QED) is 0.666. The Morgan fingerprint density at radius 2 is 2.00 bits per heavy atom. The molecule has 1 aromatic carbocycles. The minimum absolute atomic E-state index is 0.549. The first-order chi connectivity index (χ1) is 10.1. The maximum atomic E-state index is 5.61. The molecule has 0 bridgehead atoms. The number of nitrogens with zero attached hydrogens (tertiary/aromatic N) is 2. The molecule has 0 saturated carbocycles. The number of fused-ring (bicyclic) bond motifs is 1. The Bertz CT molecular complexity index is 785. The van der Waals surface area contributed by atoms with Crippen molar-refractivity contribution >= 4 is 5.65 Å². The van der Waals surface area contributed by atoms with Crippen molar-refractivity contribution in [3.63, 3.8) is 0 Å². The first kappa shape index (κ1) is 13.4. The van der Waals surface area contributed by atoms with Crippen LogP contribution in [0.5, 0.6) is 5.75 Å². The first-order valence-electron chi connectivity index (χ1n) is 6.95. The fourth-order valence-electron chi connectivity index (χ4n) is 2.15. The zero-order valence-corrected chi connectivity index (χ0v) is 12.3. The van der Waals surface area contributed by atoms with Crippen LogP contribution in [-0.4, -0.2) is 16.0 Å². The highest BCUT2D eigenvalue weighted by molar-refractivity contribution is 5.63. The van der Waals surface area contributed by atoms with Crippen LogP contribution in [-0.2, 0) is 0 Å². The van der Waals surface area contributed by atoms with Crippen LogP contribution in [0.4, 0.5) is 0 Å². The van der Waals surface area contributed by atoms with Gasteiger partial charge in [-0.25, -0.2) is 4.98 Å². The molecule has 0 unspecified atom stereocenters. The highest BCUT2D eigenvalue weighted by atomic mass is 16.5. The van der Waals surface area contributed by atoms with Crippen molar-refractivity contribution in [3.8, 4) is 17.0 Å². The minimum atomic E-state index is 0.549. The van der Waals surface area contributed by atoms with Crippen molar-refractivity contribution < 1.29 is 4.74 Å². The van der Waals surface area contributed by atoms with Crippen LogP contribution in [0.3, 0.4) is 0 Å². The molecule has 106 valence electrons. The summed E-state index contributed by atoms with van der Waals surface area (Å²) in [5.41, 5.74) is 5.23. The van der Waals surface area contributed by atoms with E-state index in [4.69, 9.17) is 4.74 Å². The Morgan fingerprint density at radius 1 is 1.24 bits per heavy atom. The van der Waals surface area contributed by atoms with Gasteiger partial charge in [0, 0.05) is 18.0 Å². The van der Waals surface area contributed by atoms with Gasteiger partial charge in [-0.3, -0.25) is 0 Å². The summed E-state index contributed by atoms with van der Waals surface area (Å²) in [5, 5.41) is 0. The predicted octanol–water partition coefficient (Wildman–Crippen LogP) is 4.26. The average Bonchev–Trinajstić information content (AvgIpc) is 2.88. The second-order valence-electron chi connectivity index (χ2n) is 5.37. The largest absolute Gasteiger partial charge is 0.489 e. The molecule has 0 fully saturated rings. The maximum Gasteiger partial charge on any atom is 0.137 e. The van der Waals surface area contributed by atoms with Gasteiger partial charge in [-0.2, -0.15) is 0 Å². The Morgan fingerprint density at radius 3 is 2.71 bits per heavy atom. The van der Waals surface area contributed by atoms with Gasteiger partial charge in [0.05, 0.1) is 5.69 Å². The molecule has 0 aliphatic carbocycles. The molecule has 2 aromatic heterocycles. The van der Waals surface area contributed by atoms with Crippen molar-refractivity contribution in [2.24, 2.45) is 0 Å². The van der Waals surface area contributed by atoms with E-state index in [-0.39, 0.29) is 0 Å². The number of rotatable bonds is 4. The lowest BCUT2D eigenvalue weighted by atomic mass is 10.1. The number of hydrogen-bond donors (Lipinski definition) is 0. The van der Waals surface area contributed by atoms with E-state index >= 15 is 0 Å². The third-order valence-corrected chi connectivity index (χ3v) is 3.25. The van der Waals surface area contributed by atoms with Crippen molar-refractivity contribution in [1.29, 1.82) is 0 Å². The van der Waals surface area contributed by atoms with E-state index in [0.717, 1.165) is 28.2 Å². The van der Waals surface area contributed by atoms with Crippen LogP contribution in [0.25, 0.3) is 16.9 Å². The topological polar surface area (TPSA) is 26.5 Å². The normalized spacial score (nSPS) is 10.8. The molecule has 3 aromatic rings. The number of pyridine rings is 1. The molecule has 3 heteroatoms. The van der Waals surface area contributed by atoms with Crippen molar-refractivity contribution in [1.82, 2.24) is 9.38 Å². The monoisotopic (exact) mass is 278 g/mol. The molecular formula is C18H18N2O. The number of benzene rings is 1. The SMILES string of the molecule is C=C(C)COc1ccc(-c2cn3ccc(C)cc3n2)cc1. The molecular weight excluding hydrogens is 260 g/mol. The van der Waals surface area contributed by atoms with Gasteiger partial charge in [0.15, 0.2) is 0 Å². The van der Waals surface area contributed by atoms with Crippen LogP contribution in [0.1, 0.15) is 12.5 Å². The minimum Gasteiger partial charge on any atom is -0.489 e. The van der Waals surface area contributed by atoms with Crippen LogP contribution >= 0.6 is 0 Å². The zero-order valence-electron chi connectivity index (χ0n) is 12.3. The van der Waals surface area contributed by atoms with E-state index in [1.54, 1.807) is 0 Å². The van der Waals surface area contributed by atoms with Crippen molar-refractivity contribution in [3.05, 3.63) is 66.5 Å². The van der Waals surface area contributed by atoms with Crippen molar-refractivity contribution in [2.45, 2.75) is 13.8 Å². The van der Waals surface area contributed by atoms with Crippen LogP contribution in [0, 0.1) is 6.92 Å². The second kappa shape index (κ2) is 5.44. The highest BCUT2D eigenvalue weighted by Gasteiger charge is 2.05. The summed E-state index contributed by atoms with van der Waals surface area (Å²) in [7, 11) is 0. The van der Waals surface area contributed by atoms with E-state index in [9.17, 15) is 0 Å². The second-order valence-corrected chi connectivity index (χ2v) is 5.37. The molecule has 2 heterocycles. The smallest absolute Gasteiger partial charge is 0.137 e. The van der Waals surface area contributed by atoms with E-state index in [1.807, 2.05) is 48.0 Å². The fraction of sp³-hybridized carbons (Fsp3) is 0.167. The van der Waals surface area contributed by atoms with Gasteiger partial charge in [-0.1, -0.05) is 6.58 Å². The number of ether oxygens (including phenoxy) is 1. The van der Waals surface area contributed by atoms with Crippen LogP contribution < -0.4 is 4.74 Å². The molecule has 0 radical (unpaired) electrons. The summed E-state index contributed by atoms with van der Waals surface area (Å²) in [6.07, 6.45) is 4.07. The van der Waals surface area contributed by atoms with Gasteiger partial charge in [-0.05, 0) is 61.4 Å². The van der Waals surface area contributed by atoms with E-state index in [2.05, 4.69) is 30.6 Å². The lowest BCUT2D eigenvalue weighted by Gasteiger charge is -2.05. The van der Waals surface area contributed by atoms with Gasteiger partial charge < -0.3 is 9.14 Å². The Balaban J connectivity index is 1.86. The van der Waals surface area contributed by atoms with Gasteiger partial charge in [0.25, 0.3) is 0 Å². The summed E-state index contributed by atoms with van der Waals surface area (Å²) in [5.74, 6) is 0.848. The number of hydrogen-bond acceptors (Lipinski definition) is 2. The van der Waals surface area contributed by atoms with Crippen LogP contribution in [0.2, 0.25) is 0 Å². The lowest BCUT2D eigenvalue weighted by Crippen LogP contribution is -1.97. The van der Waals surface area contributed by atoms with Crippen molar-refractivity contribution in [2.75, 3.05) is 6.61 Å². The predicted molar refractivity (Wildman–Crippen MR) is 85.7 cm³/mol. The van der Waals surface area contributed by atoms with E-state index < -0.39 is 0 Å². The Hall–Kier alpha value is -2.55. The molecule has 0 atom stereocenters. The zero-order chi connectivity index (χ0) is 14.8. The number of imidazole rings is 1. The van der Waals surface area contributed by atoms with Gasteiger partial charge >= 0.3 is 0 Å². The summed E-state index contributed by atoms with van der Waals surface area (Å²) in [6, 6.07) is 12.1. The van der Waals surface area contributed by atoms with Gasteiger partial charge in [0.1, 0.15) is 18.0 Å². The fourth-order valence-corrected chi connectivity index (χ4v) is 2.15. The summed E-state index contributed by atoms with van der Waals surface area (Å²) >= 11 is 0. The van der Waals surface area contributed by atoms with Gasteiger partial charge in [-0.15, -0.1) is 0 Å². The molecule has 0 spiro atoms. The lowest BCUT2D eigenvalue weighted by molar-refractivity contribution is 0.353. The number of aryl methyl sites for hydroxylation is 1. The standard InChI is InChI=1S/C18H18N2O/c1-13(2)12-21-16-6-4-15(5-7-16)17-11-20-9-8-14(3)10-18(20)19-17/h4-11H,1,12H2,2-3H3. The third-order valence-electron chi connectivity index (χ3n) is 3.25. The third kappa shape index (κ3) is 2.97. The number of aromatic nitrogens is 2. The molecule has 0 saturated heterocycles.